The Bertz CT molecular complexity index is 600. The zero-order chi connectivity index (χ0) is 16.5. The van der Waals surface area contributed by atoms with E-state index in [2.05, 4.69) is 25.8 Å². The Morgan fingerprint density at radius 3 is 2.50 bits per heavy atom. The van der Waals surface area contributed by atoms with Gasteiger partial charge in [-0.1, -0.05) is 34.6 Å². The van der Waals surface area contributed by atoms with Crippen LogP contribution in [0.4, 0.5) is 0 Å². The lowest BCUT2D eigenvalue weighted by atomic mass is 9.93. The smallest absolute Gasteiger partial charge is 0.282 e. The number of oxazole rings is 1. The maximum absolute atomic E-state index is 12.8. The van der Waals surface area contributed by atoms with Crippen LogP contribution in [0.3, 0.4) is 0 Å². The van der Waals surface area contributed by atoms with E-state index in [4.69, 9.17) is 4.42 Å². The first-order valence-electron chi connectivity index (χ1n) is 7.94. The fourth-order valence-electron chi connectivity index (χ4n) is 2.75. The summed E-state index contributed by atoms with van der Waals surface area (Å²) < 4.78 is 34.2. The minimum Gasteiger partial charge on any atom is -0.447 e. The van der Waals surface area contributed by atoms with Crippen molar-refractivity contribution in [3.05, 3.63) is 17.8 Å². The van der Waals surface area contributed by atoms with Gasteiger partial charge in [-0.05, 0) is 12.8 Å². The number of rotatable bonds is 5. The molecule has 0 amide bonds. The highest BCUT2D eigenvalue weighted by molar-refractivity contribution is 7.86. The van der Waals surface area contributed by atoms with E-state index in [1.54, 1.807) is 6.26 Å². The van der Waals surface area contributed by atoms with Gasteiger partial charge in [0.2, 0.25) is 5.89 Å². The van der Waals surface area contributed by atoms with Crippen LogP contribution in [0.25, 0.3) is 0 Å². The highest BCUT2D eigenvalue weighted by atomic mass is 32.2. The number of hydrogen-bond acceptors (Lipinski definition) is 4. The van der Waals surface area contributed by atoms with E-state index in [0.717, 1.165) is 18.5 Å². The molecule has 1 saturated heterocycles. The molecule has 0 spiro atoms. The van der Waals surface area contributed by atoms with Crippen molar-refractivity contribution >= 4 is 10.2 Å². The molecular formula is C15H27N3O3S. The van der Waals surface area contributed by atoms with E-state index in [1.165, 1.54) is 8.61 Å². The molecule has 1 aromatic rings. The lowest BCUT2D eigenvalue weighted by Crippen LogP contribution is -2.43. The monoisotopic (exact) mass is 329 g/mol. The van der Waals surface area contributed by atoms with Gasteiger partial charge in [0.1, 0.15) is 12.3 Å². The zero-order valence-electron chi connectivity index (χ0n) is 14.2. The average molecular weight is 329 g/mol. The SMILES string of the molecule is CCN(CC)S(=O)(=O)N1CCC[C@@H]1c1nc(C(C)(C)C)co1. The fourth-order valence-corrected chi connectivity index (χ4v) is 4.57. The molecule has 0 unspecified atom stereocenters. The summed E-state index contributed by atoms with van der Waals surface area (Å²) in [4.78, 5) is 4.55. The molecule has 22 heavy (non-hydrogen) atoms. The zero-order valence-corrected chi connectivity index (χ0v) is 15.0. The molecule has 0 saturated carbocycles. The molecule has 1 aromatic heterocycles. The van der Waals surface area contributed by atoms with Crippen LogP contribution in [0.2, 0.25) is 0 Å². The van der Waals surface area contributed by atoms with Crippen molar-refractivity contribution in [3.8, 4) is 0 Å². The highest BCUT2D eigenvalue weighted by Crippen LogP contribution is 2.36. The molecule has 6 nitrogen and oxygen atoms in total. The van der Waals surface area contributed by atoms with Crippen LogP contribution >= 0.6 is 0 Å². The van der Waals surface area contributed by atoms with E-state index in [1.807, 2.05) is 13.8 Å². The Labute approximate surface area is 133 Å². The molecule has 1 fully saturated rings. The summed E-state index contributed by atoms with van der Waals surface area (Å²) >= 11 is 0. The number of nitrogens with zero attached hydrogens (tertiary/aromatic N) is 3. The summed E-state index contributed by atoms with van der Waals surface area (Å²) in [6.07, 6.45) is 3.23. The summed E-state index contributed by atoms with van der Waals surface area (Å²) in [6.45, 7) is 11.4. The second kappa shape index (κ2) is 6.29. The predicted octanol–water partition coefficient (Wildman–Crippen LogP) is 2.70. The first-order valence-corrected chi connectivity index (χ1v) is 9.34. The first-order chi connectivity index (χ1) is 10.2. The van der Waals surface area contributed by atoms with E-state index in [9.17, 15) is 8.42 Å². The van der Waals surface area contributed by atoms with Crippen molar-refractivity contribution in [2.24, 2.45) is 0 Å². The summed E-state index contributed by atoms with van der Waals surface area (Å²) in [5.41, 5.74) is 0.748. The third-order valence-electron chi connectivity index (χ3n) is 4.11. The lowest BCUT2D eigenvalue weighted by molar-refractivity contribution is 0.300. The largest absolute Gasteiger partial charge is 0.447 e. The Kier molecular flexibility index (Phi) is 4.99. The molecule has 1 aliphatic rings. The fraction of sp³-hybridized carbons (Fsp3) is 0.800. The van der Waals surface area contributed by atoms with Gasteiger partial charge in [0.15, 0.2) is 0 Å². The van der Waals surface area contributed by atoms with Crippen molar-refractivity contribution in [1.82, 2.24) is 13.6 Å². The second-order valence-electron chi connectivity index (χ2n) is 6.68. The number of aromatic nitrogens is 1. The highest BCUT2D eigenvalue weighted by Gasteiger charge is 2.40. The maximum atomic E-state index is 12.8. The molecule has 0 bridgehead atoms. The van der Waals surface area contributed by atoms with E-state index >= 15 is 0 Å². The minimum absolute atomic E-state index is 0.108. The molecule has 2 rings (SSSR count). The Balaban J connectivity index is 2.30. The van der Waals surface area contributed by atoms with E-state index < -0.39 is 10.2 Å². The van der Waals surface area contributed by atoms with Gasteiger partial charge < -0.3 is 4.42 Å². The van der Waals surface area contributed by atoms with Crippen LogP contribution in [0.5, 0.6) is 0 Å². The third kappa shape index (κ3) is 3.21. The van der Waals surface area contributed by atoms with Crippen molar-refractivity contribution in [1.29, 1.82) is 0 Å². The van der Waals surface area contributed by atoms with Crippen LogP contribution in [-0.4, -0.2) is 41.6 Å². The molecule has 0 aliphatic carbocycles. The summed E-state index contributed by atoms with van der Waals surface area (Å²) in [6, 6.07) is -0.290. The van der Waals surface area contributed by atoms with Gasteiger partial charge in [-0.2, -0.15) is 17.0 Å². The van der Waals surface area contributed by atoms with Gasteiger partial charge in [0, 0.05) is 25.0 Å². The molecular weight excluding hydrogens is 302 g/mol. The molecule has 2 heterocycles. The van der Waals surface area contributed by atoms with Crippen molar-refractivity contribution < 1.29 is 12.8 Å². The summed E-state index contributed by atoms with van der Waals surface area (Å²) in [5, 5.41) is 0. The molecule has 7 heteroatoms. The van der Waals surface area contributed by atoms with Gasteiger partial charge in [0.25, 0.3) is 10.2 Å². The van der Waals surface area contributed by atoms with E-state index in [-0.39, 0.29) is 11.5 Å². The van der Waals surface area contributed by atoms with Gasteiger partial charge in [0.05, 0.1) is 5.69 Å². The van der Waals surface area contributed by atoms with E-state index in [0.29, 0.717) is 25.5 Å². The van der Waals surface area contributed by atoms with Crippen LogP contribution < -0.4 is 0 Å². The summed E-state index contributed by atoms with van der Waals surface area (Å²) in [7, 11) is -3.46. The molecule has 1 aliphatic heterocycles. The summed E-state index contributed by atoms with van der Waals surface area (Å²) in [5.74, 6) is 0.512. The Morgan fingerprint density at radius 2 is 2.00 bits per heavy atom. The van der Waals surface area contributed by atoms with Crippen molar-refractivity contribution in [2.75, 3.05) is 19.6 Å². The van der Waals surface area contributed by atoms with Crippen molar-refractivity contribution in [3.63, 3.8) is 0 Å². The first kappa shape index (κ1) is 17.4. The number of hydrogen-bond donors (Lipinski definition) is 0. The normalized spacial score (nSPS) is 20.9. The van der Waals surface area contributed by atoms with Crippen LogP contribution in [0, 0.1) is 0 Å². The Morgan fingerprint density at radius 1 is 1.36 bits per heavy atom. The Hall–Kier alpha value is -0.920. The van der Waals surface area contributed by atoms with Crippen LogP contribution in [0.15, 0.2) is 10.7 Å². The lowest BCUT2D eigenvalue weighted by Gasteiger charge is -2.28. The average Bonchev–Trinajstić information content (AvgIpc) is 3.08. The quantitative estimate of drug-likeness (QED) is 0.833. The van der Waals surface area contributed by atoms with Gasteiger partial charge in [-0.25, -0.2) is 4.98 Å². The van der Waals surface area contributed by atoms with Gasteiger partial charge >= 0.3 is 0 Å². The minimum atomic E-state index is -3.46. The maximum Gasteiger partial charge on any atom is 0.282 e. The second-order valence-corrected chi connectivity index (χ2v) is 8.56. The molecule has 0 N–H and O–H groups in total. The molecule has 0 aromatic carbocycles. The van der Waals surface area contributed by atoms with Crippen LogP contribution in [-0.2, 0) is 15.6 Å². The molecule has 126 valence electrons. The molecule has 0 radical (unpaired) electrons. The third-order valence-corrected chi connectivity index (χ3v) is 6.31. The standard InChI is InChI=1S/C15H27N3O3S/c1-6-17(7-2)22(19,20)18-10-8-9-12(18)14-16-13(11-21-14)15(3,4)5/h11-12H,6-10H2,1-5H3/t12-/m1/s1. The predicted molar refractivity (Wildman–Crippen MR) is 85.7 cm³/mol. The molecule has 1 atom stereocenters. The van der Waals surface area contributed by atoms with Gasteiger partial charge in [-0.3, -0.25) is 0 Å². The topological polar surface area (TPSA) is 66.7 Å². The van der Waals surface area contributed by atoms with Gasteiger partial charge in [-0.15, -0.1) is 0 Å². The van der Waals surface area contributed by atoms with Crippen LogP contribution in [0.1, 0.15) is 65.1 Å². The van der Waals surface area contributed by atoms with Crippen molar-refractivity contribution in [2.45, 2.75) is 58.9 Å².